The van der Waals surface area contributed by atoms with Crippen molar-refractivity contribution in [3.05, 3.63) is 35.9 Å². The van der Waals surface area contributed by atoms with Crippen LogP contribution < -0.4 is 31.9 Å². The third-order valence-electron chi connectivity index (χ3n) is 9.87. The van der Waals surface area contributed by atoms with Crippen LogP contribution in [0.1, 0.15) is 86.1 Å². The molecule has 7 amide bonds. The monoisotopic (exact) mass is 771 g/mol. The number of nitrogens with zero attached hydrogens (tertiary/aromatic N) is 1. The standard InChI is InChI=1S/C39H61N7O7S/c1-22(2)19-29-35(49)43-28(17-18-54-8)39(53)46(33(24(5)6)38(52)41-27-15-12-16-27)25(7)34(48)44-30(20-26-13-10-9-11-14-26)36(50)45-32(23(3)4)37(51)40-21-31(47)42-29/h9-11,13-14,22-25,27-30,32-33H,12,15-21H2,1-8H3,(H,40,51)(H,41,52)(H,42,47)(H,43,49)(H,44,48)(H,45,50)/t25-,28-,29-,30-,32-,33?/m0/s1. The Bertz CT molecular complexity index is 1470. The summed E-state index contributed by atoms with van der Waals surface area (Å²) in [4.78, 5) is 99.1. The molecule has 1 aliphatic carbocycles. The largest absolute Gasteiger partial charge is 0.352 e. The zero-order valence-corrected chi connectivity index (χ0v) is 33.8. The average Bonchev–Trinajstić information content (AvgIpc) is 3.09. The van der Waals surface area contributed by atoms with Gasteiger partial charge in [-0.3, -0.25) is 33.6 Å². The lowest BCUT2D eigenvalue weighted by molar-refractivity contribution is -0.152. The normalized spacial score (nSPS) is 24.8. The zero-order valence-electron chi connectivity index (χ0n) is 33.0. The van der Waals surface area contributed by atoms with Gasteiger partial charge in [0.25, 0.3) is 0 Å². The molecule has 2 fully saturated rings. The summed E-state index contributed by atoms with van der Waals surface area (Å²) in [6.07, 6.45) is 4.93. The van der Waals surface area contributed by atoms with Crippen LogP contribution in [0.2, 0.25) is 0 Å². The van der Waals surface area contributed by atoms with Crippen LogP contribution in [0.25, 0.3) is 0 Å². The zero-order chi connectivity index (χ0) is 40.1. The number of carbonyl (C=O) groups excluding carboxylic acids is 7. The summed E-state index contributed by atoms with van der Waals surface area (Å²) in [5, 5.41) is 16.8. The molecule has 15 heteroatoms. The van der Waals surface area contributed by atoms with E-state index in [-0.39, 0.29) is 31.2 Å². The fourth-order valence-corrected chi connectivity index (χ4v) is 7.07. The Balaban J connectivity index is 2.17. The molecule has 3 rings (SSSR count). The molecule has 0 spiro atoms. The Morgan fingerprint density at radius 2 is 1.46 bits per heavy atom. The van der Waals surface area contributed by atoms with Crippen LogP contribution in [0.5, 0.6) is 0 Å². The van der Waals surface area contributed by atoms with E-state index in [0.29, 0.717) is 5.75 Å². The van der Waals surface area contributed by atoms with Crippen molar-refractivity contribution in [2.75, 3.05) is 18.6 Å². The quantitative estimate of drug-likeness (QED) is 0.185. The number of amides is 7. The number of thioether (sulfide) groups is 1. The van der Waals surface area contributed by atoms with Crippen molar-refractivity contribution in [1.29, 1.82) is 0 Å². The molecule has 6 N–H and O–H groups in total. The van der Waals surface area contributed by atoms with Crippen molar-refractivity contribution in [2.24, 2.45) is 17.8 Å². The highest BCUT2D eigenvalue weighted by atomic mass is 32.2. The van der Waals surface area contributed by atoms with E-state index in [4.69, 9.17) is 0 Å². The molecular formula is C39H61N7O7S. The van der Waals surface area contributed by atoms with Crippen molar-refractivity contribution in [1.82, 2.24) is 36.8 Å². The molecule has 14 nitrogen and oxygen atoms in total. The van der Waals surface area contributed by atoms with E-state index in [1.807, 2.05) is 26.2 Å². The Morgan fingerprint density at radius 3 is 2.02 bits per heavy atom. The second-order valence-electron chi connectivity index (χ2n) is 15.5. The van der Waals surface area contributed by atoms with Gasteiger partial charge in [-0.1, -0.05) is 71.9 Å². The van der Waals surface area contributed by atoms with Gasteiger partial charge in [-0.2, -0.15) is 11.8 Å². The maximum Gasteiger partial charge on any atom is 0.246 e. The first-order valence-corrected chi connectivity index (χ1v) is 20.6. The van der Waals surface area contributed by atoms with Gasteiger partial charge in [0.1, 0.15) is 36.3 Å². The van der Waals surface area contributed by atoms with Gasteiger partial charge in [-0.15, -0.1) is 0 Å². The molecule has 1 saturated heterocycles. The predicted octanol–water partition coefficient (Wildman–Crippen LogP) is 1.66. The van der Waals surface area contributed by atoms with E-state index >= 15 is 0 Å². The van der Waals surface area contributed by atoms with Crippen molar-refractivity contribution < 1.29 is 33.6 Å². The molecule has 54 heavy (non-hydrogen) atoms. The minimum atomic E-state index is -1.27. The van der Waals surface area contributed by atoms with Crippen LogP contribution >= 0.6 is 11.8 Å². The molecular weight excluding hydrogens is 711 g/mol. The topological polar surface area (TPSA) is 195 Å². The first-order chi connectivity index (χ1) is 25.5. The van der Waals surface area contributed by atoms with E-state index in [1.54, 1.807) is 52.0 Å². The number of hydrogen-bond donors (Lipinski definition) is 6. The number of rotatable bonds is 12. The first-order valence-electron chi connectivity index (χ1n) is 19.2. The van der Waals surface area contributed by atoms with Gasteiger partial charge in [0.2, 0.25) is 41.4 Å². The molecule has 1 aromatic rings. The highest BCUT2D eigenvalue weighted by molar-refractivity contribution is 7.98. The SMILES string of the molecule is CSCC[C@@H]1NC(=O)[C@H](CC(C)C)NC(=O)CNC(=O)[C@H](C(C)C)NC(=O)[C@H](Cc2ccccc2)NC(=O)[C@H](C)N(C(C(=O)NC2CCC2)C(C)C)C1=O. The van der Waals surface area contributed by atoms with E-state index in [1.165, 1.54) is 23.6 Å². The van der Waals surface area contributed by atoms with Gasteiger partial charge >= 0.3 is 0 Å². The van der Waals surface area contributed by atoms with E-state index in [9.17, 15) is 33.6 Å². The van der Waals surface area contributed by atoms with Gasteiger partial charge in [-0.05, 0) is 74.4 Å². The lowest BCUT2D eigenvalue weighted by atomic mass is 9.91. The lowest BCUT2D eigenvalue weighted by Crippen LogP contribution is -2.65. The predicted molar refractivity (Wildman–Crippen MR) is 209 cm³/mol. The highest BCUT2D eigenvalue weighted by Gasteiger charge is 2.43. The molecule has 6 atom stereocenters. The Morgan fingerprint density at radius 1 is 0.833 bits per heavy atom. The Kier molecular flexibility index (Phi) is 17.3. The maximum absolute atomic E-state index is 14.9. The summed E-state index contributed by atoms with van der Waals surface area (Å²) >= 11 is 1.47. The minimum Gasteiger partial charge on any atom is -0.352 e. The van der Waals surface area contributed by atoms with Crippen LogP contribution in [0.15, 0.2) is 30.3 Å². The lowest BCUT2D eigenvalue weighted by Gasteiger charge is -2.41. The molecule has 300 valence electrons. The van der Waals surface area contributed by atoms with Gasteiger partial charge in [0.15, 0.2) is 0 Å². The summed E-state index contributed by atoms with van der Waals surface area (Å²) in [6, 6.07) is 2.18. The Hall–Kier alpha value is -4.14. The highest BCUT2D eigenvalue weighted by Crippen LogP contribution is 2.23. The van der Waals surface area contributed by atoms with Crippen molar-refractivity contribution >= 4 is 53.1 Å². The molecule has 0 bridgehead atoms. The molecule has 2 aliphatic rings. The third-order valence-corrected chi connectivity index (χ3v) is 10.5. The van der Waals surface area contributed by atoms with Crippen LogP contribution in [-0.2, 0) is 40.0 Å². The summed E-state index contributed by atoms with van der Waals surface area (Å²) in [6.45, 7) is 11.9. The summed E-state index contributed by atoms with van der Waals surface area (Å²) in [7, 11) is 0. The van der Waals surface area contributed by atoms with E-state index in [2.05, 4.69) is 31.9 Å². The maximum atomic E-state index is 14.9. The number of hydrogen-bond acceptors (Lipinski definition) is 8. The first kappa shape index (κ1) is 44.3. The molecule has 1 saturated carbocycles. The fourth-order valence-electron chi connectivity index (χ4n) is 6.60. The molecule has 1 aliphatic heterocycles. The molecule has 1 heterocycles. The molecule has 1 unspecified atom stereocenters. The smallest absolute Gasteiger partial charge is 0.246 e. The van der Waals surface area contributed by atoms with Crippen LogP contribution in [0.3, 0.4) is 0 Å². The van der Waals surface area contributed by atoms with Gasteiger partial charge in [-0.25, -0.2) is 0 Å². The molecule has 0 aromatic heterocycles. The molecule has 0 radical (unpaired) electrons. The van der Waals surface area contributed by atoms with Crippen molar-refractivity contribution in [3.8, 4) is 0 Å². The number of nitrogens with one attached hydrogen (secondary N) is 6. The second kappa shape index (κ2) is 21.1. The fraction of sp³-hybridized carbons (Fsp3) is 0.667. The summed E-state index contributed by atoms with van der Waals surface area (Å²) < 4.78 is 0. The number of benzene rings is 1. The van der Waals surface area contributed by atoms with Crippen molar-refractivity contribution in [3.63, 3.8) is 0 Å². The van der Waals surface area contributed by atoms with Crippen LogP contribution in [-0.4, -0.2) is 107 Å². The van der Waals surface area contributed by atoms with Gasteiger partial charge in [0.05, 0.1) is 6.54 Å². The molecule has 1 aromatic carbocycles. The van der Waals surface area contributed by atoms with Gasteiger partial charge in [0, 0.05) is 12.5 Å². The van der Waals surface area contributed by atoms with Gasteiger partial charge < -0.3 is 36.8 Å². The van der Waals surface area contributed by atoms with E-state index < -0.39 is 96.0 Å². The number of carbonyl (C=O) groups is 7. The van der Waals surface area contributed by atoms with Crippen molar-refractivity contribution in [2.45, 2.75) is 129 Å². The summed E-state index contributed by atoms with van der Waals surface area (Å²) in [5.74, 6) is -4.60. The second-order valence-corrected chi connectivity index (χ2v) is 16.5. The summed E-state index contributed by atoms with van der Waals surface area (Å²) in [5.41, 5.74) is 0.735. The van der Waals surface area contributed by atoms with E-state index in [0.717, 1.165) is 24.8 Å². The van der Waals surface area contributed by atoms with Crippen LogP contribution in [0, 0.1) is 17.8 Å². The Labute approximate surface area is 324 Å². The average molecular weight is 772 g/mol. The van der Waals surface area contributed by atoms with Crippen LogP contribution in [0.4, 0.5) is 0 Å². The third kappa shape index (κ3) is 12.7. The minimum absolute atomic E-state index is 0.0287.